The maximum absolute atomic E-state index is 6.10. The second-order valence-corrected chi connectivity index (χ2v) is 6.37. The zero-order chi connectivity index (χ0) is 14.4. The smallest absolute Gasteiger partial charge is 0.0367 e. The molecule has 0 spiro atoms. The summed E-state index contributed by atoms with van der Waals surface area (Å²) in [5.41, 5.74) is 8.62. The number of piperidine rings is 1. The summed E-state index contributed by atoms with van der Waals surface area (Å²) in [5, 5.41) is 3.44. The second-order valence-electron chi connectivity index (χ2n) is 6.37. The van der Waals surface area contributed by atoms with Crippen molar-refractivity contribution in [2.24, 2.45) is 11.7 Å². The number of hydrogen-bond acceptors (Lipinski definition) is 3. The Balaban J connectivity index is 1.82. The van der Waals surface area contributed by atoms with Gasteiger partial charge in [0.25, 0.3) is 0 Å². The lowest BCUT2D eigenvalue weighted by Gasteiger charge is -2.29. The van der Waals surface area contributed by atoms with Crippen molar-refractivity contribution in [1.29, 1.82) is 0 Å². The molecule has 0 radical (unpaired) electrons. The third-order valence-electron chi connectivity index (χ3n) is 3.93. The molecule has 0 bridgehead atoms. The number of rotatable bonds is 6. The number of benzene rings is 1. The fraction of sp³-hybridized carbons (Fsp3) is 0.647. The zero-order valence-electron chi connectivity index (χ0n) is 12.9. The zero-order valence-corrected chi connectivity index (χ0v) is 12.9. The molecule has 1 heterocycles. The molecule has 1 aliphatic rings. The lowest BCUT2D eigenvalue weighted by molar-refractivity contribution is 0.508. The van der Waals surface area contributed by atoms with Crippen molar-refractivity contribution in [3.8, 4) is 0 Å². The van der Waals surface area contributed by atoms with Crippen LogP contribution in [0.4, 0.5) is 11.4 Å². The van der Waals surface area contributed by atoms with E-state index in [4.69, 9.17) is 5.73 Å². The molecule has 0 aromatic heterocycles. The van der Waals surface area contributed by atoms with Gasteiger partial charge in [-0.2, -0.15) is 0 Å². The minimum absolute atomic E-state index is 0.233. The summed E-state index contributed by atoms with van der Waals surface area (Å²) in [5.74, 6) is 0.660. The van der Waals surface area contributed by atoms with E-state index in [0.717, 1.165) is 13.0 Å². The summed E-state index contributed by atoms with van der Waals surface area (Å²) < 4.78 is 0. The quantitative estimate of drug-likeness (QED) is 0.835. The van der Waals surface area contributed by atoms with Crippen LogP contribution < -0.4 is 16.0 Å². The molecule has 2 rings (SSSR count). The molecule has 3 heteroatoms. The molecule has 1 aromatic carbocycles. The molecular formula is C17H29N3. The third-order valence-corrected chi connectivity index (χ3v) is 3.93. The number of nitrogens with zero attached hydrogens (tertiary/aromatic N) is 1. The molecular weight excluding hydrogens is 246 g/mol. The van der Waals surface area contributed by atoms with Gasteiger partial charge in [-0.05, 0) is 55.9 Å². The van der Waals surface area contributed by atoms with Gasteiger partial charge < -0.3 is 16.0 Å². The Morgan fingerprint density at radius 3 is 2.35 bits per heavy atom. The van der Waals surface area contributed by atoms with E-state index in [1.165, 1.54) is 43.7 Å². The summed E-state index contributed by atoms with van der Waals surface area (Å²) in [6.45, 7) is 7.68. The van der Waals surface area contributed by atoms with Gasteiger partial charge in [-0.1, -0.05) is 13.8 Å². The lowest BCUT2D eigenvalue weighted by Crippen LogP contribution is -2.30. The second kappa shape index (κ2) is 7.53. The topological polar surface area (TPSA) is 41.3 Å². The Hall–Kier alpha value is -1.22. The first-order valence-electron chi connectivity index (χ1n) is 7.99. The molecule has 1 fully saturated rings. The van der Waals surface area contributed by atoms with Gasteiger partial charge in [0.2, 0.25) is 0 Å². The van der Waals surface area contributed by atoms with Crippen LogP contribution in [0.5, 0.6) is 0 Å². The van der Waals surface area contributed by atoms with Crippen molar-refractivity contribution < 1.29 is 0 Å². The summed E-state index contributed by atoms with van der Waals surface area (Å²) in [4.78, 5) is 2.48. The highest BCUT2D eigenvalue weighted by Crippen LogP contribution is 2.21. The van der Waals surface area contributed by atoms with Crippen LogP contribution in [-0.2, 0) is 0 Å². The molecule has 1 aromatic rings. The van der Waals surface area contributed by atoms with E-state index in [2.05, 4.69) is 48.3 Å². The lowest BCUT2D eigenvalue weighted by atomic mass is 10.0. The van der Waals surface area contributed by atoms with Crippen molar-refractivity contribution in [3.63, 3.8) is 0 Å². The number of anilines is 2. The highest BCUT2D eigenvalue weighted by molar-refractivity contribution is 5.55. The van der Waals surface area contributed by atoms with Crippen LogP contribution in [0.2, 0.25) is 0 Å². The van der Waals surface area contributed by atoms with Crippen LogP contribution in [0.3, 0.4) is 0 Å². The van der Waals surface area contributed by atoms with Crippen molar-refractivity contribution in [2.45, 2.75) is 45.6 Å². The summed E-state index contributed by atoms with van der Waals surface area (Å²) >= 11 is 0. The van der Waals surface area contributed by atoms with Gasteiger partial charge in [0.05, 0.1) is 0 Å². The molecule has 3 N–H and O–H groups in total. The molecule has 3 nitrogen and oxygen atoms in total. The van der Waals surface area contributed by atoms with E-state index in [9.17, 15) is 0 Å². The van der Waals surface area contributed by atoms with Crippen molar-refractivity contribution in [2.75, 3.05) is 29.9 Å². The highest BCUT2D eigenvalue weighted by atomic mass is 15.1. The third kappa shape index (κ3) is 4.71. The van der Waals surface area contributed by atoms with Gasteiger partial charge in [-0.25, -0.2) is 0 Å². The van der Waals surface area contributed by atoms with Crippen LogP contribution in [0.25, 0.3) is 0 Å². The van der Waals surface area contributed by atoms with E-state index >= 15 is 0 Å². The number of nitrogens with two attached hydrogens (primary N) is 1. The number of nitrogens with one attached hydrogen (secondary N) is 1. The molecule has 20 heavy (non-hydrogen) atoms. The van der Waals surface area contributed by atoms with E-state index in [1.807, 2.05) is 0 Å². The normalized spacial score (nSPS) is 17.3. The highest BCUT2D eigenvalue weighted by Gasteiger charge is 2.10. The summed E-state index contributed by atoms with van der Waals surface area (Å²) in [6.07, 6.45) is 5.09. The molecule has 1 atom stereocenters. The Morgan fingerprint density at radius 1 is 1.10 bits per heavy atom. The summed E-state index contributed by atoms with van der Waals surface area (Å²) in [6, 6.07) is 9.03. The molecule has 1 aliphatic heterocycles. The van der Waals surface area contributed by atoms with Crippen molar-refractivity contribution in [1.82, 2.24) is 0 Å². The maximum Gasteiger partial charge on any atom is 0.0367 e. The average molecular weight is 275 g/mol. The first-order valence-corrected chi connectivity index (χ1v) is 7.99. The molecule has 0 aliphatic carbocycles. The van der Waals surface area contributed by atoms with Crippen LogP contribution >= 0.6 is 0 Å². The van der Waals surface area contributed by atoms with E-state index in [1.54, 1.807) is 0 Å². The Labute approximate surface area is 123 Å². The molecule has 112 valence electrons. The standard InChI is InChI=1S/C17H29N3/c1-14(2)12-15(18)13-19-16-6-8-17(9-7-16)20-10-4-3-5-11-20/h6-9,14-15,19H,3-5,10-13,18H2,1-2H3. The Kier molecular flexibility index (Phi) is 5.72. The Bertz CT molecular complexity index is 380. The fourth-order valence-corrected chi connectivity index (χ4v) is 2.88. The monoisotopic (exact) mass is 275 g/mol. The van der Waals surface area contributed by atoms with Crippen LogP contribution in [0.15, 0.2) is 24.3 Å². The van der Waals surface area contributed by atoms with Crippen LogP contribution in [0.1, 0.15) is 39.5 Å². The maximum atomic E-state index is 6.10. The fourth-order valence-electron chi connectivity index (χ4n) is 2.88. The van der Waals surface area contributed by atoms with Crippen molar-refractivity contribution >= 4 is 11.4 Å². The molecule has 0 saturated carbocycles. The molecule has 1 unspecified atom stereocenters. The predicted molar refractivity (Wildman–Crippen MR) is 88.4 cm³/mol. The van der Waals surface area contributed by atoms with Gasteiger partial charge in [-0.3, -0.25) is 0 Å². The van der Waals surface area contributed by atoms with Crippen LogP contribution in [0, 0.1) is 5.92 Å². The van der Waals surface area contributed by atoms with Crippen LogP contribution in [-0.4, -0.2) is 25.7 Å². The van der Waals surface area contributed by atoms with Gasteiger partial charge in [0.15, 0.2) is 0 Å². The van der Waals surface area contributed by atoms with Gasteiger partial charge in [-0.15, -0.1) is 0 Å². The molecule has 1 saturated heterocycles. The van der Waals surface area contributed by atoms with Gasteiger partial charge in [0, 0.05) is 37.1 Å². The Morgan fingerprint density at radius 2 is 1.75 bits per heavy atom. The minimum Gasteiger partial charge on any atom is -0.383 e. The number of hydrogen-bond donors (Lipinski definition) is 2. The van der Waals surface area contributed by atoms with E-state index < -0.39 is 0 Å². The average Bonchev–Trinajstić information content (AvgIpc) is 2.46. The summed E-state index contributed by atoms with van der Waals surface area (Å²) in [7, 11) is 0. The van der Waals surface area contributed by atoms with E-state index in [-0.39, 0.29) is 6.04 Å². The van der Waals surface area contributed by atoms with E-state index in [0.29, 0.717) is 5.92 Å². The van der Waals surface area contributed by atoms with Gasteiger partial charge in [0.1, 0.15) is 0 Å². The molecule has 0 amide bonds. The SMILES string of the molecule is CC(C)CC(N)CNc1ccc(N2CCCCC2)cc1. The van der Waals surface area contributed by atoms with Crippen molar-refractivity contribution in [3.05, 3.63) is 24.3 Å². The minimum atomic E-state index is 0.233. The predicted octanol–water partition coefficient (Wildman–Crippen LogP) is 3.46. The first kappa shape index (κ1) is 15.2. The largest absolute Gasteiger partial charge is 0.383 e. The first-order chi connectivity index (χ1) is 9.65. The van der Waals surface area contributed by atoms with Gasteiger partial charge >= 0.3 is 0 Å².